The van der Waals surface area contributed by atoms with Crippen molar-refractivity contribution in [3.8, 4) is 5.75 Å². The summed E-state index contributed by atoms with van der Waals surface area (Å²) in [5.41, 5.74) is -0.966. The van der Waals surface area contributed by atoms with E-state index < -0.39 is 36.4 Å². The number of phosphoric ester groups is 1. The number of carbonyl (C=O) groups excluding carboxylic acids is 1. The third-order valence-electron chi connectivity index (χ3n) is 4.49. The normalized spacial score (nSPS) is 13.1. The van der Waals surface area contributed by atoms with Crippen LogP contribution in [0.5, 0.6) is 5.75 Å². The van der Waals surface area contributed by atoms with Crippen LogP contribution in [0.1, 0.15) is 92.3 Å². The van der Waals surface area contributed by atoms with Crippen molar-refractivity contribution >= 4 is 19.8 Å². The summed E-state index contributed by atoms with van der Waals surface area (Å²) in [4.78, 5) is 24.3. The predicted octanol–water partition coefficient (Wildman–Crippen LogP) is 6.61. The molecule has 1 aromatic rings. The molecule has 0 atom stereocenters. The number of carboxylic acids is 1. The first-order valence-corrected chi connectivity index (χ1v) is 13.3. The molecule has 1 rings (SSSR count). The first-order valence-electron chi connectivity index (χ1n) is 11.8. The van der Waals surface area contributed by atoms with Gasteiger partial charge in [0.25, 0.3) is 0 Å². The van der Waals surface area contributed by atoms with Crippen LogP contribution in [0.2, 0.25) is 0 Å². The molecule has 0 aliphatic rings. The second kappa shape index (κ2) is 11.4. The average Bonchev–Trinajstić information content (AvgIpc) is 2.53. The van der Waals surface area contributed by atoms with E-state index in [2.05, 4.69) is 0 Å². The molecule has 0 saturated carbocycles. The third kappa shape index (κ3) is 11.1. The van der Waals surface area contributed by atoms with E-state index in [1.807, 2.05) is 20.8 Å². The predicted molar refractivity (Wildman–Crippen MR) is 136 cm³/mol. The molecular formula is C26H43O8P. The van der Waals surface area contributed by atoms with Crippen LogP contribution < -0.4 is 4.52 Å². The first kappa shape index (κ1) is 31.1. The molecule has 0 saturated heterocycles. The Bertz CT molecular complexity index is 931. The van der Waals surface area contributed by atoms with Gasteiger partial charge in [0, 0.05) is 11.0 Å². The van der Waals surface area contributed by atoms with Crippen molar-refractivity contribution < 1.29 is 37.6 Å². The van der Waals surface area contributed by atoms with Crippen LogP contribution in [0, 0.1) is 12.8 Å². The zero-order chi connectivity index (χ0) is 27.4. The van der Waals surface area contributed by atoms with Gasteiger partial charge in [0.1, 0.15) is 5.75 Å². The van der Waals surface area contributed by atoms with Crippen LogP contribution in [-0.2, 0) is 39.8 Å². The maximum Gasteiger partial charge on any atom is 0.531 e. The highest BCUT2D eigenvalue weighted by Gasteiger charge is 2.41. The Morgan fingerprint density at radius 1 is 0.971 bits per heavy atom. The van der Waals surface area contributed by atoms with Gasteiger partial charge in [-0.1, -0.05) is 33.8 Å². The van der Waals surface area contributed by atoms with Crippen molar-refractivity contribution in [1.29, 1.82) is 0 Å². The number of carbonyl (C=O) groups is 2. The number of ether oxygens (including phenoxy) is 1. The monoisotopic (exact) mass is 514 g/mol. The number of rotatable bonds is 11. The van der Waals surface area contributed by atoms with Gasteiger partial charge in [0.15, 0.2) is 0 Å². The van der Waals surface area contributed by atoms with E-state index in [1.165, 1.54) is 0 Å². The minimum Gasteiger partial charge on any atom is -0.481 e. The molecule has 0 aliphatic carbocycles. The molecule has 9 heteroatoms. The number of aryl methyl sites for hydroxylation is 1. The highest BCUT2D eigenvalue weighted by molar-refractivity contribution is 7.49. The minimum absolute atomic E-state index is 0.0896. The zero-order valence-corrected chi connectivity index (χ0v) is 24.0. The van der Waals surface area contributed by atoms with Crippen molar-refractivity contribution in [2.45, 2.75) is 106 Å². The van der Waals surface area contributed by atoms with Crippen LogP contribution in [0.4, 0.5) is 0 Å². The van der Waals surface area contributed by atoms with Crippen LogP contribution in [0.25, 0.3) is 0 Å². The summed E-state index contributed by atoms with van der Waals surface area (Å²) in [6, 6.07) is 3.45. The summed E-state index contributed by atoms with van der Waals surface area (Å²) in [6.07, 6.45) is -0.335. The second-order valence-electron chi connectivity index (χ2n) is 12.0. The van der Waals surface area contributed by atoms with Gasteiger partial charge in [-0.15, -0.1) is 0 Å². The molecule has 0 spiro atoms. The van der Waals surface area contributed by atoms with Crippen molar-refractivity contribution in [2.24, 2.45) is 5.92 Å². The number of carboxylic acid groups (broad SMARTS) is 1. The van der Waals surface area contributed by atoms with Gasteiger partial charge in [-0.2, -0.15) is 0 Å². The lowest BCUT2D eigenvalue weighted by Crippen LogP contribution is -2.28. The standard InChI is InChI=1S/C26H43O8P/c1-17(2)16-31-22(29)14-19-12-18(3)13-20(23(19)26(10,11)15-21(27)28)32-35(30,33-24(4,5)6)34-25(7,8)9/h12-13,17H,14-16H2,1-11H3,(H,27,28). The molecule has 8 nitrogen and oxygen atoms in total. The fraction of sp³-hybridized carbons (Fsp3) is 0.692. The van der Waals surface area contributed by atoms with Gasteiger partial charge in [-0.25, -0.2) is 4.57 Å². The molecule has 35 heavy (non-hydrogen) atoms. The van der Waals surface area contributed by atoms with E-state index in [0.29, 0.717) is 11.1 Å². The largest absolute Gasteiger partial charge is 0.531 e. The van der Waals surface area contributed by atoms with Crippen molar-refractivity contribution in [3.05, 3.63) is 28.8 Å². The summed E-state index contributed by atoms with van der Waals surface area (Å²) in [5, 5.41) is 9.58. The number of hydrogen-bond donors (Lipinski definition) is 1. The Morgan fingerprint density at radius 2 is 1.49 bits per heavy atom. The summed E-state index contributed by atoms with van der Waals surface area (Å²) < 4.78 is 36.8. The van der Waals surface area contributed by atoms with Crippen LogP contribution in [-0.4, -0.2) is 34.9 Å². The molecule has 0 aliphatic heterocycles. The van der Waals surface area contributed by atoms with Gasteiger partial charge in [0.2, 0.25) is 0 Å². The smallest absolute Gasteiger partial charge is 0.481 e. The van der Waals surface area contributed by atoms with E-state index in [0.717, 1.165) is 5.56 Å². The number of aliphatic carboxylic acids is 1. The third-order valence-corrected chi connectivity index (χ3v) is 6.46. The fourth-order valence-electron chi connectivity index (χ4n) is 3.59. The molecule has 1 N–H and O–H groups in total. The lowest BCUT2D eigenvalue weighted by Gasteiger charge is -2.34. The Balaban J connectivity index is 3.70. The van der Waals surface area contributed by atoms with Crippen LogP contribution in [0.15, 0.2) is 12.1 Å². The lowest BCUT2D eigenvalue weighted by molar-refractivity contribution is -0.144. The van der Waals surface area contributed by atoms with Crippen LogP contribution in [0.3, 0.4) is 0 Å². The first-order chi connectivity index (χ1) is 15.6. The van der Waals surface area contributed by atoms with E-state index in [-0.39, 0.29) is 31.1 Å². The molecule has 200 valence electrons. The van der Waals surface area contributed by atoms with Gasteiger partial charge < -0.3 is 14.4 Å². The van der Waals surface area contributed by atoms with E-state index in [4.69, 9.17) is 18.3 Å². The van der Waals surface area contributed by atoms with E-state index in [9.17, 15) is 19.3 Å². The maximum atomic E-state index is 13.9. The number of phosphoric acid groups is 1. The van der Waals surface area contributed by atoms with Crippen molar-refractivity contribution in [1.82, 2.24) is 0 Å². The quantitative estimate of drug-likeness (QED) is 0.260. The Kier molecular flexibility index (Phi) is 10.2. The van der Waals surface area contributed by atoms with Crippen molar-refractivity contribution in [2.75, 3.05) is 6.61 Å². The lowest BCUT2D eigenvalue weighted by atomic mass is 9.77. The van der Waals surface area contributed by atoms with Gasteiger partial charge in [0.05, 0.1) is 30.7 Å². The molecule has 0 bridgehead atoms. The van der Waals surface area contributed by atoms with E-state index in [1.54, 1.807) is 67.5 Å². The second-order valence-corrected chi connectivity index (χ2v) is 13.4. The number of benzene rings is 1. The number of esters is 1. The minimum atomic E-state index is -4.18. The van der Waals surface area contributed by atoms with E-state index >= 15 is 0 Å². The van der Waals surface area contributed by atoms with Crippen molar-refractivity contribution in [3.63, 3.8) is 0 Å². The molecule has 0 radical (unpaired) electrons. The molecule has 0 amide bonds. The molecular weight excluding hydrogens is 471 g/mol. The zero-order valence-electron chi connectivity index (χ0n) is 23.1. The molecule has 1 aromatic carbocycles. The molecule has 0 heterocycles. The topological polar surface area (TPSA) is 108 Å². The Morgan fingerprint density at radius 3 is 1.91 bits per heavy atom. The average molecular weight is 515 g/mol. The molecule has 0 unspecified atom stereocenters. The van der Waals surface area contributed by atoms with Gasteiger partial charge in [-0.05, 0) is 71.6 Å². The highest BCUT2D eigenvalue weighted by Crippen LogP contribution is 2.57. The summed E-state index contributed by atoms with van der Waals surface area (Å²) in [7, 11) is -4.18. The van der Waals surface area contributed by atoms with Gasteiger partial charge in [-0.3, -0.25) is 18.6 Å². The SMILES string of the molecule is Cc1cc(CC(=O)OCC(C)C)c(C(C)(C)CC(=O)O)c(OP(=O)(OC(C)(C)C)OC(C)(C)C)c1. The molecule has 0 fully saturated rings. The Hall–Kier alpha value is -1.89. The summed E-state index contributed by atoms with van der Waals surface area (Å²) >= 11 is 0. The molecule has 0 aromatic heterocycles. The summed E-state index contributed by atoms with van der Waals surface area (Å²) in [5.74, 6) is -1.13. The van der Waals surface area contributed by atoms with Crippen LogP contribution >= 0.6 is 7.82 Å². The fourth-order valence-corrected chi connectivity index (χ4v) is 5.42. The maximum absolute atomic E-state index is 13.9. The Labute approximate surface area is 210 Å². The van der Waals surface area contributed by atoms with Gasteiger partial charge >= 0.3 is 19.8 Å². The summed E-state index contributed by atoms with van der Waals surface area (Å²) in [6.45, 7) is 19.8. The number of hydrogen-bond acceptors (Lipinski definition) is 7. The highest BCUT2D eigenvalue weighted by atomic mass is 31.2.